The fraction of sp³-hybridized carbons (Fsp3) is 0.0370. The van der Waals surface area contributed by atoms with Gasteiger partial charge in [-0.2, -0.15) is 0 Å². The average molecular weight is 761 g/mol. The van der Waals surface area contributed by atoms with Gasteiger partial charge in [-0.3, -0.25) is 0 Å². The van der Waals surface area contributed by atoms with Gasteiger partial charge in [-0.1, -0.05) is 121 Å². The molecule has 0 unspecified atom stereocenters. The van der Waals surface area contributed by atoms with Gasteiger partial charge in [0.05, 0.1) is 17.1 Å². The Bertz CT molecular complexity index is 3630. The number of benzene rings is 9. The van der Waals surface area contributed by atoms with E-state index in [-0.39, 0.29) is 0 Å². The Kier molecular flexibility index (Phi) is 7.29. The lowest BCUT2D eigenvalue weighted by Gasteiger charge is -2.28. The molecule has 280 valence electrons. The van der Waals surface area contributed by atoms with Crippen molar-refractivity contribution in [3.8, 4) is 0 Å². The van der Waals surface area contributed by atoms with Crippen LogP contribution in [0.5, 0.6) is 0 Å². The Hall–Kier alpha value is -7.76. The van der Waals surface area contributed by atoms with Crippen LogP contribution >= 0.6 is 0 Å². The molecule has 12 aromatic rings. The summed E-state index contributed by atoms with van der Waals surface area (Å²) in [6.45, 7) is 4.32. The van der Waals surface area contributed by atoms with Gasteiger partial charge in [-0.15, -0.1) is 0 Å². The number of hydrogen-bond donors (Lipinski definition) is 0. The van der Waals surface area contributed by atoms with Gasteiger partial charge < -0.3 is 23.1 Å². The molecule has 5 nitrogen and oxygen atoms in total. The fourth-order valence-corrected chi connectivity index (χ4v) is 9.18. The van der Waals surface area contributed by atoms with Gasteiger partial charge >= 0.3 is 0 Å². The lowest BCUT2D eigenvalue weighted by atomic mass is 9.99. The molecule has 0 bridgehead atoms. The SMILES string of the molecule is Cc1ccccc1N(c1ccc2oc3cc(N(c4ccccc4C)c4cccc5c4oc4ccccc45)c4ccccc4c3c2c1)c1cccc2c1oc1ccccc12. The monoisotopic (exact) mass is 760 g/mol. The van der Waals surface area contributed by atoms with E-state index in [2.05, 4.69) is 181 Å². The molecule has 0 aliphatic rings. The molecule has 0 spiro atoms. The van der Waals surface area contributed by atoms with Crippen molar-refractivity contribution in [2.75, 3.05) is 9.80 Å². The van der Waals surface area contributed by atoms with Crippen LogP contribution in [0.15, 0.2) is 195 Å². The number of fused-ring (bicyclic) bond motifs is 11. The van der Waals surface area contributed by atoms with Crippen LogP contribution in [0.3, 0.4) is 0 Å². The lowest BCUT2D eigenvalue weighted by molar-refractivity contribution is 0.667. The molecule has 0 fully saturated rings. The predicted molar refractivity (Wildman–Crippen MR) is 245 cm³/mol. The number of anilines is 6. The van der Waals surface area contributed by atoms with E-state index < -0.39 is 0 Å². The number of hydrogen-bond acceptors (Lipinski definition) is 5. The summed E-state index contributed by atoms with van der Waals surface area (Å²) in [5.41, 5.74) is 13.4. The van der Waals surface area contributed by atoms with E-state index in [1.807, 2.05) is 24.3 Å². The van der Waals surface area contributed by atoms with E-state index in [4.69, 9.17) is 13.3 Å². The average Bonchev–Trinajstić information content (AvgIpc) is 3.97. The third kappa shape index (κ3) is 5.04. The van der Waals surface area contributed by atoms with Gasteiger partial charge in [0.25, 0.3) is 0 Å². The summed E-state index contributed by atoms with van der Waals surface area (Å²) in [6, 6.07) is 63.9. The van der Waals surface area contributed by atoms with Crippen molar-refractivity contribution in [1.82, 2.24) is 0 Å². The maximum absolute atomic E-state index is 6.88. The van der Waals surface area contributed by atoms with Crippen molar-refractivity contribution in [2.45, 2.75) is 13.8 Å². The molecule has 0 saturated heterocycles. The number of furan rings is 3. The zero-order valence-corrected chi connectivity index (χ0v) is 32.4. The minimum Gasteiger partial charge on any atom is -0.456 e. The first-order valence-electron chi connectivity index (χ1n) is 20.0. The maximum atomic E-state index is 6.88. The number of para-hydroxylation sites is 6. The minimum absolute atomic E-state index is 0.808. The lowest BCUT2D eigenvalue weighted by Crippen LogP contribution is -2.12. The Balaban J connectivity index is 1.12. The van der Waals surface area contributed by atoms with Crippen molar-refractivity contribution in [2.24, 2.45) is 0 Å². The zero-order chi connectivity index (χ0) is 39.2. The second-order valence-electron chi connectivity index (χ2n) is 15.3. The molecule has 3 aromatic heterocycles. The molecule has 3 heterocycles. The predicted octanol–water partition coefficient (Wildman–Crippen LogP) is 16.1. The molecule has 0 atom stereocenters. The minimum atomic E-state index is 0.808. The smallest absolute Gasteiger partial charge is 0.159 e. The highest BCUT2D eigenvalue weighted by molar-refractivity contribution is 6.24. The van der Waals surface area contributed by atoms with Gasteiger partial charge in [0.2, 0.25) is 0 Å². The van der Waals surface area contributed by atoms with Crippen molar-refractivity contribution < 1.29 is 13.3 Å². The van der Waals surface area contributed by atoms with Crippen LogP contribution in [-0.4, -0.2) is 0 Å². The van der Waals surface area contributed by atoms with Crippen LogP contribution in [0.25, 0.3) is 76.6 Å². The van der Waals surface area contributed by atoms with Crippen LogP contribution in [0.2, 0.25) is 0 Å². The first-order valence-corrected chi connectivity index (χ1v) is 20.0. The summed E-state index contributed by atoms with van der Waals surface area (Å²) in [5, 5.41) is 8.68. The van der Waals surface area contributed by atoms with E-state index >= 15 is 0 Å². The van der Waals surface area contributed by atoms with Gasteiger partial charge in [-0.05, 0) is 85.0 Å². The van der Waals surface area contributed by atoms with Crippen molar-refractivity contribution >= 4 is 111 Å². The number of aryl methyl sites for hydroxylation is 2. The van der Waals surface area contributed by atoms with E-state index in [1.165, 1.54) is 0 Å². The molecule has 5 heteroatoms. The summed E-state index contributed by atoms with van der Waals surface area (Å²) in [6.07, 6.45) is 0. The van der Waals surface area contributed by atoms with Crippen LogP contribution in [0.1, 0.15) is 11.1 Å². The van der Waals surface area contributed by atoms with Crippen molar-refractivity contribution in [1.29, 1.82) is 0 Å². The van der Waals surface area contributed by atoms with Gasteiger partial charge in [0, 0.05) is 60.8 Å². The largest absolute Gasteiger partial charge is 0.456 e. The molecule has 59 heavy (non-hydrogen) atoms. The van der Waals surface area contributed by atoms with Crippen molar-refractivity contribution in [3.63, 3.8) is 0 Å². The molecular formula is C54H36N2O3. The third-order valence-electron chi connectivity index (χ3n) is 11.9. The molecule has 0 amide bonds. The van der Waals surface area contributed by atoms with E-state index in [9.17, 15) is 0 Å². The second kappa shape index (κ2) is 12.9. The summed E-state index contributed by atoms with van der Waals surface area (Å²) in [4.78, 5) is 4.66. The van der Waals surface area contributed by atoms with Gasteiger partial charge in [-0.25, -0.2) is 0 Å². The quantitative estimate of drug-likeness (QED) is 0.169. The van der Waals surface area contributed by atoms with Gasteiger partial charge in [0.15, 0.2) is 11.2 Å². The highest BCUT2D eigenvalue weighted by Crippen LogP contribution is 2.49. The Labute approximate surface area is 339 Å². The molecular weight excluding hydrogens is 725 g/mol. The normalized spacial score (nSPS) is 11.9. The Morgan fingerprint density at radius 2 is 0.780 bits per heavy atom. The maximum Gasteiger partial charge on any atom is 0.159 e. The number of nitrogens with zero attached hydrogens (tertiary/aromatic N) is 2. The molecule has 0 aliphatic carbocycles. The number of rotatable bonds is 6. The van der Waals surface area contributed by atoms with Gasteiger partial charge in [0.1, 0.15) is 22.3 Å². The topological polar surface area (TPSA) is 45.9 Å². The Morgan fingerprint density at radius 3 is 1.41 bits per heavy atom. The second-order valence-corrected chi connectivity index (χ2v) is 15.3. The summed E-state index contributed by atoms with van der Waals surface area (Å²) in [7, 11) is 0. The van der Waals surface area contributed by atoms with E-state index in [1.54, 1.807) is 0 Å². The summed E-state index contributed by atoms with van der Waals surface area (Å²) >= 11 is 0. The van der Waals surface area contributed by atoms with E-state index in [0.717, 1.165) is 122 Å². The third-order valence-corrected chi connectivity index (χ3v) is 11.9. The highest BCUT2D eigenvalue weighted by atomic mass is 16.3. The zero-order valence-electron chi connectivity index (χ0n) is 32.4. The highest BCUT2D eigenvalue weighted by Gasteiger charge is 2.26. The first kappa shape index (κ1) is 33.4. The first-order chi connectivity index (χ1) is 29.1. The van der Waals surface area contributed by atoms with Crippen LogP contribution in [0.4, 0.5) is 34.1 Å². The van der Waals surface area contributed by atoms with E-state index in [0.29, 0.717) is 0 Å². The summed E-state index contributed by atoms with van der Waals surface area (Å²) < 4.78 is 20.2. The van der Waals surface area contributed by atoms with Crippen LogP contribution < -0.4 is 9.80 Å². The van der Waals surface area contributed by atoms with Crippen LogP contribution in [0, 0.1) is 13.8 Å². The molecule has 9 aromatic carbocycles. The van der Waals surface area contributed by atoms with Crippen molar-refractivity contribution in [3.05, 3.63) is 193 Å². The molecule has 0 aliphatic heterocycles. The molecule has 0 saturated carbocycles. The standard InChI is InChI=1S/C54H36N2O3/c1-33-15-3-9-23-43(33)55(45-25-13-21-40-37-18-7-11-27-48(37)58-53(40)45)35-29-30-50-42(31-35)52-39-20-6-5-17-36(39)47(32-51(52)57-50)56(44-24-10-4-16-34(44)2)46-26-14-22-41-38-19-8-12-28-49(38)59-54(41)46/h3-32H,1-2H3. The Morgan fingerprint density at radius 1 is 0.305 bits per heavy atom. The summed E-state index contributed by atoms with van der Waals surface area (Å²) in [5.74, 6) is 0. The molecule has 12 rings (SSSR count). The molecule has 0 radical (unpaired) electrons. The fourth-order valence-electron chi connectivity index (χ4n) is 9.18. The van der Waals surface area contributed by atoms with Crippen LogP contribution in [-0.2, 0) is 0 Å². The molecule has 0 N–H and O–H groups in total.